The standard InChI is InChI=1S/C9H10ClN3S3/c1-9(2,3)6-12-13-8(15-6)16-7-11-4-5(10)14-7/h4H,1-3H3. The minimum atomic E-state index is 0.0526. The minimum Gasteiger partial charge on any atom is -0.236 e. The van der Waals surface area contributed by atoms with Crippen molar-refractivity contribution in [3.05, 3.63) is 15.5 Å². The average molecular weight is 292 g/mol. The first-order valence-electron chi connectivity index (χ1n) is 4.58. The Kier molecular flexibility index (Phi) is 3.53. The Bertz CT molecular complexity index is 486. The number of thiazole rings is 1. The first-order valence-corrected chi connectivity index (χ1v) is 7.41. The van der Waals surface area contributed by atoms with E-state index in [-0.39, 0.29) is 5.41 Å². The normalized spacial score (nSPS) is 12.0. The lowest BCUT2D eigenvalue weighted by atomic mass is 9.98. The predicted molar refractivity (Wildman–Crippen MR) is 69.9 cm³/mol. The fraction of sp³-hybridized carbons (Fsp3) is 0.444. The molecule has 2 rings (SSSR count). The van der Waals surface area contributed by atoms with Crippen LogP contribution in [0.5, 0.6) is 0 Å². The number of nitrogens with zero attached hydrogens (tertiary/aromatic N) is 3. The molecule has 0 aliphatic heterocycles. The summed E-state index contributed by atoms with van der Waals surface area (Å²) in [6.45, 7) is 6.38. The zero-order valence-corrected chi connectivity index (χ0v) is 12.2. The molecule has 0 amide bonds. The Balaban J connectivity index is 2.14. The zero-order chi connectivity index (χ0) is 11.8. The Morgan fingerprint density at radius 1 is 1.19 bits per heavy atom. The van der Waals surface area contributed by atoms with Crippen LogP contribution in [0.25, 0.3) is 0 Å². The molecule has 0 N–H and O–H groups in total. The van der Waals surface area contributed by atoms with E-state index >= 15 is 0 Å². The van der Waals surface area contributed by atoms with Crippen LogP contribution in [0.4, 0.5) is 0 Å². The van der Waals surface area contributed by atoms with E-state index in [4.69, 9.17) is 11.6 Å². The highest BCUT2D eigenvalue weighted by Crippen LogP contribution is 2.36. The maximum absolute atomic E-state index is 5.81. The van der Waals surface area contributed by atoms with Crippen LogP contribution in [0, 0.1) is 0 Å². The van der Waals surface area contributed by atoms with Crippen LogP contribution in [-0.2, 0) is 5.41 Å². The molecule has 0 aliphatic carbocycles. The Labute approximate surface area is 111 Å². The van der Waals surface area contributed by atoms with Crippen molar-refractivity contribution in [2.24, 2.45) is 0 Å². The van der Waals surface area contributed by atoms with Crippen molar-refractivity contribution in [2.45, 2.75) is 34.9 Å². The summed E-state index contributed by atoms with van der Waals surface area (Å²) in [5, 5.41) is 9.36. The summed E-state index contributed by atoms with van der Waals surface area (Å²) in [7, 11) is 0. The van der Waals surface area contributed by atoms with E-state index in [1.54, 1.807) is 17.5 Å². The third kappa shape index (κ3) is 2.94. The molecule has 0 bridgehead atoms. The molecule has 0 fully saturated rings. The van der Waals surface area contributed by atoms with E-state index in [1.165, 1.54) is 23.1 Å². The number of hydrogen-bond donors (Lipinski definition) is 0. The number of aromatic nitrogens is 3. The summed E-state index contributed by atoms with van der Waals surface area (Å²) in [5.74, 6) is 0. The number of rotatable bonds is 2. The molecule has 2 aromatic rings. The smallest absolute Gasteiger partial charge is 0.181 e. The van der Waals surface area contributed by atoms with Crippen LogP contribution in [0.3, 0.4) is 0 Å². The molecule has 0 atom stereocenters. The highest BCUT2D eigenvalue weighted by atomic mass is 35.5. The third-order valence-corrected chi connectivity index (χ3v) is 5.27. The molecular weight excluding hydrogens is 282 g/mol. The largest absolute Gasteiger partial charge is 0.236 e. The topological polar surface area (TPSA) is 38.7 Å². The maximum Gasteiger partial charge on any atom is 0.181 e. The van der Waals surface area contributed by atoms with Crippen LogP contribution in [0.15, 0.2) is 14.9 Å². The highest BCUT2D eigenvalue weighted by Gasteiger charge is 2.20. The van der Waals surface area contributed by atoms with Gasteiger partial charge in [-0.15, -0.1) is 10.2 Å². The van der Waals surface area contributed by atoms with E-state index in [1.807, 2.05) is 0 Å². The molecule has 2 aromatic heterocycles. The van der Waals surface area contributed by atoms with Gasteiger partial charge < -0.3 is 0 Å². The molecule has 2 heterocycles. The molecule has 3 nitrogen and oxygen atoms in total. The molecule has 0 saturated heterocycles. The Morgan fingerprint density at radius 3 is 2.44 bits per heavy atom. The number of hydrogen-bond acceptors (Lipinski definition) is 6. The first-order chi connectivity index (χ1) is 7.45. The van der Waals surface area contributed by atoms with Gasteiger partial charge in [0, 0.05) is 5.41 Å². The first kappa shape index (κ1) is 12.3. The fourth-order valence-electron chi connectivity index (χ4n) is 0.916. The van der Waals surface area contributed by atoms with Crippen molar-refractivity contribution >= 4 is 46.0 Å². The summed E-state index contributed by atoms with van der Waals surface area (Å²) in [6, 6.07) is 0. The molecule has 0 spiro atoms. The molecule has 0 aromatic carbocycles. The minimum absolute atomic E-state index is 0.0526. The average Bonchev–Trinajstić information content (AvgIpc) is 2.74. The summed E-state index contributed by atoms with van der Waals surface area (Å²) >= 11 is 10.4. The van der Waals surface area contributed by atoms with Gasteiger partial charge >= 0.3 is 0 Å². The fourth-order valence-corrected chi connectivity index (χ4v) is 4.14. The van der Waals surface area contributed by atoms with E-state index in [9.17, 15) is 0 Å². The molecule has 0 unspecified atom stereocenters. The van der Waals surface area contributed by atoms with Crippen LogP contribution in [0.2, 0.25) is 4.34 Å². The van der Waals surface area contributed by atoms with Gasteiger partial charge in [0.15, 0.2) is 8.68 Å². The van der Waals surface area contributed by atoms with Gasteiger partial charge in [0.1, 0.15) is 9.34 Å². The van der Waals surface area contributed by atoms with E-state index in [0.29, 0.717) is 4.34 Å². The lowest BCUT2D eigenvalue weighted by Gasteiger charge is -2.12. The van der Waals surface area contributed by atoms with Gasteiger partial charge in [-0.3, -0.25) is 0 Å². The van der Waals surface area contributed by atoms with E-state index in [0.717, 1.165) is 13.7 Å². The molecule has 86 valence electrons. The molecular formula is C9H10ClN3S3. The highest BCUT2D eigenvalue weighted by molar-refractivity contribution is 8.02. The van der Waals surface area contributed by atoms with Crippen molar-refractivity contribution < 1.29 is 0 Å². The summed E-state index contributed by atoms with van der Waals surface area (Å²) in [6.07, 6.45) is 1.65. The monoisotopic (exact) mass is 291 g/mol. The second-order valence-corrected chi connectivity index (χ2v) is 8.29. The third-order valence-electron chi connectivity index (χ3n) is 1.68. The summed E-state index contributed by atoms with van der Waals surface area (Å²) in [4.78, 5) is 4.17. The van der Waals surface area contributed by atoms with Gasteiger partial charge in [-0.05, 0) is 11.8 Å². The van der Waals surface area contributed by atoms with Crippen LogP contribution >= 0.6 is 46.0 Å². The second-order valence-electron chi connectivity index (χ2n) is 4.16. The van der Waals surface area contributed by atoms with Gasteiger partial charge in [0.25, 0.3) is 0 Å². The second kappa shape index (κ2) is 4.60. The molecule has 0 radical (unpaired) electrons. The summed E-state index contributed by atoms with van der Waals surface area (Å²) < 4.78 is 2.51. The van der Waals surface area contributed by atoms with Gasteiger partial charge in [0.05, 0.1) is 6.20 Å². The Hall–Kier alpha value is -0.170. The predicted octanol–water partition coefficient (Wildman–Crippen LogP) is 4.10. The van der Waals surface area contributed by atoms with Gasteiger partial charge in [-0.25, -0.2) is 4.98 Å². The van der Waals surface area contributed by atoms with Gasteiger partial charge in [0.2, 0.25) is 0 Å². The summed E-state index contributed by atoms with van der Waals surface area (Å²) in [5.41, 5.74) is 0.0526. The van der Waals surface area contributed by atoms with Gasteiger partial charge in [-0.2, -0.15) is 0 Å². The van der Waals surface area contributed by atoms with Crippen molar-refractivity contribution in [1.29, 1.82) is 0 Å². The molecule has 7 heteroatoms. The van der Waals surface area contributed by atoms with Gasteiger partial charge in [-0.1, -0.05) is 55.0 Å². The maximum atomic E-state index is 5.81. The van der Waals surface area contributed by atoms with Crippen molar-refractivity contribution in [1.82, 2.24) is 15.2 Å². The van der Waals surface area contributed by atoms with Crippen LogP contribution in [0.1, 0.15) is 25.8 Å². The van der Waals surface area contributed by atoms with E-state index in [2.05, 4.69) is 36.0 Å². The zero-order valence-electron chi connectivity index (χ0n) is 9.02. The molecule has 16 heavy (non-hydrogen) atoms. The van der Waals surface area contributed by atoms with Crippen molar-refractivity contribution in [3.8, 4) is 0 Å². The molecule has 0 saturated carbocycles. The molecule has 0 aliphatic rings. The Morgan fingerprint density at radius 2 is 1.94 bits per heavy atom. The quantitative estimate of drug-likeness (QED) is 0.835. The van der Waals surface area contributed by atoms with Crippen LogP contribution in [-0.4, -0.2) is 15.2 Å². The van der Waals surface area contributed by atoms with Crippen LogP contribution < -0.4 is 0 Å². The van der Waals surface area contributed by atoms with Crippen molar-refractivity contribution in [2.75, 3.05) is 0 Å². The SMILES string of the molecule is CC(C)(C)c1nnc(Sc2ncc(Cl)s2)s1. The lowest BCUT2D eigenvalue weighted by Crippen LogP contribution is -2.10. The van der Waals surface area contributed by atoms with Crippen molar-refractivity contribution in [3.63, 3.8) is 0 Å². The van der Waals surface area contributed by atoms with E-state index < -0.39 is 0 Å². The lowest BCUT2D eigenvalue weighted by molar-refractivity contribution is 0.577. The number of halogens is 1.